The Morgan fingerprint density at radius 3 is 2.40 bits per heavy atom. The molecule has 2 N–H and O–H groups in total. The Bertz CT molecular complexity index is 815. The van der Waals surface area contributed by atoms with Gasteiger partial charge in [-0.3, -0.25) is 4.79 Å². The summed E-state index contributed by atoms with van der Waals surface area (Å²) < 4.78 is 0. The third-order valence-electron chi connectivity index (χ3n) is 4.87. The zero-order valence-corrected chi connectivity index (χ0v) is 19.5. The van der Waals surface area contributed by atoms with E-state index in [9.17, 15) is 9.59 Å². The molecule has 0 aliphatic heterocycles. The van der Waals surface area contributed by atoms with Crippen molar-refractivity contribution in [2.45, 2.75) is 72.4 Å². The molecule has 6 nitrogen and oxygen atoms in total. The first-order chi connectivity index (χ1) is 14.3. The first kappa shape index (κ1) is 23.9. The van der Waals surface area contributed by atoms with Crippen LogP contribution in [0.2, 0.25) is 0 Å². The first-order valence-electron chi connectivity index (χ1n) is 10.7. The van der Waals surface area contributed by atoms with Crippen LogP contribution in [0.25, 0.3) is 0 Å². The molecule has 2 aromatic rings. The molecule has 0 fully saturated rings. The highest BCUT2D eigenvalue weighted by Crippen LogP contribution is 2.19. The van der Waals surface area contributed by atoms with E-state index in [2.05, 4.69) is 36.4 Å². The van der Waals surface area contributed by atoms with E-state index in [4.69, 9.17) is 0 Å². The van der Waals surface area contributed by atoms with Crippen LogP contribution in [0.4, 0.5) is 10.5 Å². The molecule has 0 saturated carbocycles. The lowest BCUT2D eigenvalue weighted by Gasteiger charge is -2.26. The van der Waals surface area contributed by atoms with E-state index in [1.54, 1.807) is 10.3 Å². The highest BCUT2D eigenvalue weighted by molar-refractivity contribution is 7.09. The summed E-state index contributed by atoms with van der Waals surface area (Å²) in [6, 6.07) is 7.74. The summed E-state index contributed by atoms with van der Waals surface area (Å²) in [7, 11) is 0. The number of anilines is 1. The van der Waals surface area contributed by atoms with Crippen LogP contribution in [0, 0.1) is 0 Å². The number of thiazole rings is 1. The van der Waals surface area contributed by atoms with Crippen molar-refractivity contribution in [2.75, 3.05) is 11.9 Å². The van der Waals surface area contributed by atoms with Crippen molar-refractivity contribution >= 4 is 29.0 Å². The Morgan fingerprint density at radius 1 is 1.10 bits per heavy atom. The Kier molecular flexibility index (Phi) is 9.30. The molecule has 1 heterocycles. The summed E-state index contributed by atoms with van der Waals surface area (Å²) in [5.74, 6) is 0.296. The van der Waals surface area contributed by atoms with Gasteiger partial charge in [-0.1, -0.05) is 45.7 Å². The fourth-order valence-electron chi connectivity index (χ4n) is 2.94. The number of nitrogens with one attached hydrogen (secondary N) is 2. The van der Waals surface area contributed by atoms with Crippen molar-refractivity contribution in [2.24, 2.45) is 0 Å². The maximum absolute atomic E-state index is 12.8. The molecule has 164 valence electrons. The summed E-state index contributed by atoms with van der Waals surface area (Å²) in [6.45, 7) is 11.4. The van der Waals surface area contributed by atoms with Crippen LogP contribution >= 0.6 is 11.3 Å². The SMILES string of the molecule is CCCCCNC(=O)c1csc(CN(C(=O)Nc2ccc(C(C)C)cc2)C(C)C)n1. The molecule has 1 aromatic carbocycles. The van der Waals surface area contributed by atoms with Gasteiger partial charge in [0.05, 0.1) is 6.54 Å². The van der Waals surface area contributed by atoms with Crippen molar-refractivity contribution in [3.63, 3.8) is 0 Å². The second-order valence-corrected chi connectivity index (χ2v) is 8.96. The number of urea groups is 1. The van der Waals surface area contributed by atoms with Gasteiger partial charge in [-0.15, -0.1) is 11.3 Å². The normalized spacial score (nSPS) is 11.0. The number of unbranched alkanes of at least 4 members (excludes halogenated alkanes) is 2. The molecule has 1 aromatic heterocycles. The highest BCUT2D eigenvalue weighted by atomic mass is 32.1. The van der Waals surface area contributed by atoms with Gasteiger partial charge < -0.3 is 15.5 Å². The van der Waals surface area contributed by atoms with Crippen LogP contribution in [0.5, 0.6) is 0 Å². The molecule has 0 spiro atoms. The summed E-state index contributed by atoms with van der Waals surface area (Å²) in [5.41, 5.74) is 2.42. The third kappa shape index (κ3) is 7.13. The minimum Gasteiger partial charge on any atom is -0.351 e. The van der Waals surface area contributed by atoms with Crippen LogP contribution in [0.3, 0.4) is 0 Å². The maximum atomic E-state index is 12.8. The Balaban J connectivity index is 1.97. The summed E-state index contributed by atoms with van der Waals surface area (Å²) in [5, 5.41) is 8.37. The number of benzene rings is 1. The van der Waals surface area contributed by atoms with E-state index in [0.29, 0.717) is 24.7 Å². The van der Waals surface area contributed by atoms with Crippen LogP contribution in [0.15, 0.2) is 29.6 Å². The molecule has 0 atom stereocenters. The molecule has 0 unspecified atom stereocenters. The van der Waals surface area contributed by atoms with Gasteiger partial charge in [0.1, 0.15) is 10.7 Å². The quantitative estimate of drug-likeness (QED) is 0.480. The Morgan fingerprint density at radius 2 is 1.80 bits per heavy atom. The molecular formula is C23H34N4O2S. The summed E-state index contributed by atoms with van der Waals surface area (Å²) in [4.78, 5) is 31.2. The van der Waals surface area contributed by atoms with E-state index in [1.807, 2.05) is 38.1 Å². The number of aromatic nitrogens is 1. The van der Waals surface area contributed by atoms with Crippen LogP contribution in [0.1, 0.15) is 80.9 Å². The summed E-state index contributed by atoms with van der Waals surface area (Å²) in [6.07, 6.45) is 3.19. The molecule has 30 heavy (non-hydrogen) atoms. The molecule has 0 saturated heterocycles. The second kappa shape index (κ2) is 11.7. The molecule has 0 radical (unpaired) electrons. The third-order valence-corrected chi connectivity index (χ3v) is 5.70. The second-order valence-electron chi connectivity index (χ2n) is 8.02. The number of hydrogen-bond donors (Lipinski definition) is 2. The molecular weight excluding hydrogens is 396 g/mol. The fraction of sp³-hybridized carbons (Fsp3) is 0.522. The number of amides is 3. The minimum atomic E-state index is -0.178. The Labute approximate surface area is 184 Å². The highest BCUT2D eigenvalue weighted by Gasteiger charge is 2.20. The van der Waals surface area contributed by atoms with E-state index in [1.165, 1.54) is 16.9 Å². The smallest absolute Gasteiger partial charge is 0.322 e. The molecule has 7 heteroatoms. The van der Waals surface area contributed by atoms with Gasteiger partial charge >= 0.3 is 6.03 Å². The van der Waals surface area contributed by atoms with Crippen molar-refractivity contribution in [1.82, 2.24) is 15.2 Å². The monoisotopic (exact) mass is 430 g/mol. The predicted molar refractivity (Wildman–Crippen MR) is 124 cm³/mol. The van der Waals surface area contributed by atoms with E-state index >= 15 is 0 Å². The number of hydrogen-bond acceptors (Lipinski definition) is 4. The fourth-order valence-corrected chi connectivity index (χ4v) is 3.71. The largest absolute Gasteiger partial charge is 0.351 e. The maximum Gasteiger partial charge on any atom is 0.322 e. The van der Waals surface area contributed by atoms with Gasteiger partial charge in [0.25, 0.3) is 5.91 Å². The zero-order valence-electron chi connectivity index (χ0n) is 18.7. The lowest BCUT2D eigenvalue weighted by molar-refractivity contribution is 0.0948. The van der Waals surface area contributed by atoms with Crippen molar-refractivity contribution in [3.8, 4) is 0 Å². The standard InChI is InChI=1S/C23H34N4O2S/c1-6-7-8-13-24-22(28)20-15-30-21(26-20)14-27(17(4)5)23(29)25-19-11-9-18(10-12-19)16(2)3/h9-12,15-17H,6-8,13-14H2,1-5H3,(H,24,28)(H,25,29). The summed E-state index contributed by atoms with van der Waals surface area (Å²) >= 11 is 1.40. The lowest BCUT2D eigenvalue weighted by atomic mass is 10.0. The van der Waals surface area contributed by atoms with Gasteiger partial charge in [0, 0.05) is 23.7 Å². The van der Waals surface area contributed by atoms with Crippen LogP contribution in [-0.4, -0.2) is 34.4 Å². The number of rotatable bonds is 10. The van der Waals surface area contributed by atoms with Gasteiger partial charge in [-0.2, -0.15) is 0 Å². The number of carbonyl (C=O) groups excluding carboxylic acids is 2. The number of carbonyl (C=O) groups is 2. The van der Waals surface area contributed by atoms with Crippen LogP contribution < -0.4 is 10.6 Å². The average molecular weight is 431 g/mol. The minimum absolute atomic E-state index is 0.00448. The van der Waals surface area contributed by atoms with Crippen LogP contribution in [-0.2, 0) is 6.54 Å². The van der Waals surface area contributed by atoms with Gasteiger partial charge in [-0.25, -0.2) is 9.78 Å². The average Bonchev–Trinajstić information content (AvgIpc) is 3.18. The van der Waals surface area contributed by atoms with Crippen molar-refractivity contribution < 1.29 is 9.59 Å². The molecule has 2 rings (SSSR count). The van der Waals surface area contributed by atoms with Crippen molar-refractivity contribution in [3.05, 3.63) is 45.9 Å². The zero-order chi connectivity index (χ0) is 22.1. The van der Waals surface area contributed by atoms with Gasteiger partial charge in [0.15, 0.2) is 0 Å². The topological polar surface area (TPSA) is 74.3 Å². The van der Waals surface area contributed by atoms with E-state index < -0.39 is 0 Å². The first-order valence-corrected chi connectivity index (χ1v) is 11.6. The van der Waals surface area contributed by atoms with Crippen molar-refractivity contribution in [1.29, 1.82) is 0 Å². The predicted octanol–water partition coefficient (Wildman–Crippen LogP) is 5.63. The molecule has 0 bridgehead atoms. The van der Waals surface area contributed by atoms with E-state index in [0.717, 1.165) is 30.0 Å². The molecule has 3 amide bonds. The molecule has 0 aliphatic carbocycles. The lowest BCUT2D eigenvalue weighted by Crippen LogP contribution is -2.39. The van der Waals surface area contributed by atoms with E-state index in [-0.39, 0.29) is 18.0 Å². The van der Waals surface area contributed by atoms with Gasteiger partial charge in [0.2, 0.25) is 0 Å². The Hall–Kier alpha value is -2.41. The number of nitrogens with zero attached hydrogens (tertiary/aromatic N) is 2. The molecule has 0 aliphatic rings. The van der Waals surface area contributed by atoms with Gasteiger partial charge in [-0.05, 0) is 43.9 Å².